The normalized spacial score (nSPS) is 10.2. The van der Waals surface area contributed by atoms with E-state index < -0.39 is 4.92 Å². The molecule has 0 saturated carbocycles. The standard InChI is InChI=1S/C13H10Cl2N2O2/c14-12-5-4-9(6-13(12)15)8-16-10-2-1-3-11(7-10)17(18)19/h1-7,16H,8H2. The van der Waals surface area contributed by atoms with Gasteiger partial charge in [0.15, 0.2) is 0 Å². The lowest BCUT2D eigenvalue weighted by atomic mass is 10.2. The molecule has 0 saturated heterocycles. The molecule has 2 aromatic carbocycles. The molecule has 2 aromatic rings. The summed E-state index contributed by atoms with van der Waals surface area (Å²) in [4.78, 5) is 10.2. The van der Waals surface area contributed by atoms with Gasteiger partial charge in [0.05, 0.1) is 15.0 Å². The summed E-state index contributed by atoms with van der Waals surface area (Å²) in [6.45, 7) is 0.512. The predicted octanol–water partition coefficient (Wildman–Crippen LogP) is 4.51. The molecule has 6 heteroatoms. The van der Waals surface area contributed by atoms with Crippen LogP contribution < -0.4 is 5.32 Å². The number of anilines is 1. The third-order valence-corrected chi connectivity index (χ3v) is 3.28. The van der Waals surface area contributed by atoms with Crippen LogP contribution in [0.4, 0.5) is 11.4 Å². The monoisotopic (exact) mass is 296 g/mol. The van der Waals surface area contributed by atoms with Crippen LogP contribution in [0.5, 0.6) is 0 Å². The molecule has 0 fully saturated rings. The van der Waals surface area contributed by atoms with Gasteiger partial charge in [-0.3, -0.25) is 10.1 Å². The lowest BCUT2D eigenvalue weighted by Gasteiger charge is -2.07. The van der Waals surface area contributed by atoms with Crippen molar-refractivity contribution < 1.29 is 4.92 Å². The zero-order valence-corrected chi connectivity index (χ0v) is 11.3. The minimum Gasteiger partial charge on any atom is -0.381 e. The third-order valence-electron chi connectivity index (χ3n) is 2.54. The Bertz CT molecular complexity index is 617. The number of nitrogens with zero attached hydrogens (tertiary/aromatic N) is 1. The van der Waals surface area contributed by atoms with Crippen molar-refractivity contribution in [3.05, 3.63) is 68.2 Å². The molecule has 0 aromatic heterocycles. The Hall–Kier alpha value is -1.78. The van der Waals surface area contributed by atoms with Crippen LogP contribution in [0.3, 0.4) is 0 Å². The largest absolute Gasteiger partial charge is 0.381 e. The first-order valence-corrected chi connectivity index (χ1v) is 6.24. The van der Waals surface area contributed by atoms with Gasteiger partial charge in [0.2, 0.25) is 0 Å². The van der Waals surface area contributed by atoms with Crippen molar-refractivity contribution in [2.45, 2.75) is 6.54 Å². The molecule has 0 aliphatic carbocycles. The number of benzene rings is 2. The molecule has 0 radical (unpaired) electrons. The lowest BCUT2D eigenvalue weighted by molar-refractivity contribution is -0.384. The predicted molar refractivity (Wildman–Crippen MR) is 76.9 cm³/mol. The van der Waals surface area contributed by atoms with Crippen LogP contribution in [-0.2, 0) is 6.54 Å². The van der Waals surface area contributed by atoms with E-state index in [1.54, 1.807) is 24.3 Å². The Kier molecular flexibility index (Phi) is 4.24. The zero-order valence-electron chi connectivity index (χ0n) is 9.77. The zero-order chi connectivity index (χ0) is 13.8. The van der Waals surface area contributed by atoms with Crippen LogP contribution in [0.2, 0.25) is 10.0 Å². The summed E-state index contributed by atoms with van der Waals surface area (Å²) in [6.07, 6.45) is 0. The Balaban J connectivity index is 2.07. The van der Waals surface area contributed by atoms with E-state index >= 15 is 0 Å². The fraction of sp³-hybridized carbons (Fsp3) is 0.0769. The maximum atomic E-state index is 10.7. The molecule has 0 unspecified atom stereocenters. The van der Waals surface area contributed by atoms with Gasteiger partial charge in [-0.05, 0) is 23.8 Å². The van der Waals surface area contributed by atoms with Gasteiger partial charge < -0.3 is 5.32 Å². The molecule has 0 aliphatic heterocycles. The maximum absolute atomic E-state index is 10.7. The molecule has 0 atom stereocenters. The summed E-state index contributed by atoms with van der Waals surface area (Å²) >= 11 is 11.7. The van der Waals surface area contributed by atoms with Gasteiger partial charge in [-0.1, -0.05) is 35.3 Å². The second-order valence-electron chi connectivity index (χ2n) is 3.91. The lowest BCUT2D eigenvalue weighted by Crippen LogP contribution is -2.00. The van der Waals surface area contributed by atoms with Crippen molar-refractivity contribution in [2.75, 3.05) is 5.32 Å². The first-order chi connectivity index (χ1) is 9.06. The van der Waals surface area contributed by atoms with Crippen molar-refractivity contribution in [1.82, 2.24) is 0 Å². The number of rotatable bonds is 4. The molecule has 0 spiro atoms. The number of nitrogens with one attached hydrogen (secondary N) is 1. The summed E-state index contributed by atoms with van der Waals surface area (Å²) in [6, 6.07) is 11.7. The summed E-state index contributed by atoms with van der Waals surface area (Å²) in [5, 5.41) is 14.7. The van der Waals surface area contributed by atoms with E-state index in [1.165, 1.54) is 12.1 Å². The summed E-state index contributed by atoms with van der Waals surface area (Å²) in [5.74, 6) is 0. The van der Waals surface area contributed by atoms with E-state index in [0.717, 1.165) is 5.56 Å². The van der Waals surface area contributed by atoms with Gasteiger partial charge in [0.25, 0.3) is 5.69 Å². The van der Waals surface area contributed by atoms with Gasteiger partial charge in [0.1, 0.15) is 0 Å². The third kappa shape index (κ3) is 3.59. The fourth-order valence-electron chi connectivity index (χ4n) is 1.58. The first-order valence-electron chi connectivity index (χ1n) is 5.48. The van der Waals surface area contributed by atoms with Crippen LogP contribution in [-0.4, -0.2) is 4.92 Å². The fourth-order valence-corrected chi connectivity index (χ4v) is 1.90. The number of nitro groups is 1. The average molecular weight is 297 g/mol. The quantitative estimate of drug-likeness (QED) is 0.667. The summed E-state index contributed by atoms with van der Waals surface area (Å²) in [7, 11) is 0. The second-order valence-corrected chi connectivity index (χ2v) is 4.72. The van der Waals surface area contributed by atoms with Crippen molar-refractivity contribution in [2.24, 2.45) is 0 Å². The Morgan fingerprint density at radius 3 is 2.58 bits per heavy atom. The molecule has 0 bridgehead atoms. The van der Waals surface area contributed by atoms with Crippen LogP contribution >= 0.6 is 23.2 Å². The highest BCUT2D eigenvalue weighted by Gasteiger charge is 2.05. The summed E-state index contributed by atoms with van der Waals surface area (Å²) in [5.41, 5.74) is 1.68. The number of halogens is 2. The van der Waals surface area contributed by atoms with Crippen LogP contribution in [0.25, 0.3) is 0 Å². The molecule has 98 valence electrons. The highest BCUT2D eigenvalue weighted by Crippen LogP contribution is 2.23. The maximum Gasteiger partial charge on any atom is 0.271 e. The van der Waals surface area contributed by atoms with Gasteiger partial charge in [-0.2, -0.15) is 0 Å². The van der Waals surface area contributed by atoms with Crippen LogP contribution in [0, 0.1) is 10.1 Å². The number of non-ortho nitro benzene ring substituents is 1. The molecule has 19 heavy (non-hydrogen) atoms. The van der Waals surface area contributed by atoms with E-state index in [4.69, 9.17) is 23.2 Å². The highest BCUT2D eigenvalue weighted by molar-refractivity contribution is 6.42. The van der Waals surface area contributed by atoms with Crippen molar-refractivity contribution in [3.8, 4) is 0 Å². The molecule has 4 nitrogen and oxygen atoms in total. The highest BCUT2D eigenvalue weighted by atomic mass is 35.5. The Labute approximate surface area is 120 Å². The number of hydrogen-bond acceptors (Lipinski definition) is 3. The first kappa shape index (κ1) is 13.6. The molecule has 2 rings (SSSR count). The van der Waals surface area contributed by atoms with Gasteiger partial charge in [0, 0.05) is 24.4 Å². The van der Waals surface area contributed by atoms with Crippen molar-refractivity contribution in [1.29, 1.82) is 0 Å². The summed E-state index contributed by atoms with van der Waals surface area (Å²) < 4.78 is 0. The SMILES string of the molecule is O=[N+]([O-])c1cccc(NCc2ccc(Cl)c(Cl)c2)c1. The molecular formula is C13H10Cl2N2O2. The second kappa shape index (κ2) is 5.91. The minimum atomic E-state index is -0.426. The van der Waals surface area contributed by atoms with E-state index in [9.17, 15) is 10.1 Å². The van der Waals surface area contributed by atoms with Crippen molar-refractivity contribution in [3.63, 3.8) is 0 Å². The average Bonchev–Trinajstić information content (AvgIpc) is 2.40. The molecule has 1 N–H and O–H groups in total. The Morgan fingerprint density at radius 2 is 1.89 bits per heavy atom. The van der Waals surface area contributed by atoms with Crippen molar-refractivity contribution >= 4 is 34.6 Å². The molecule has 0 aliphatic rings. The van der Waals surface area contributed by atoms with E-state index in [1.807, 2.05) is 6.07 Å². The number of nitro benzene ring substituents is 1. The molecular weight excluding hydrogens is 287 g/mol. The van der Waals surface area contributed by atoms with Gasteiger partial charge in [-0.25, -0.2) is 0 Å². The molecule has 0 amide bonds. The smallest absolute Gasteiger partial charge is 0.271 e. The van der Waals surface area contributed by atoms with E-state index in [0.29, 0.717) is 22.3 Å². The Morgan fingerprint density at radius 1 is 1.11 bits per heavy atom. The minimum absolute atomic E-state index is 0.0548. The molecule has 0 heterocycles. The van der Waals surface area contributed by atoms with Gasteiger partial charge in [-0.15, -0.1) is 0 Å². The van der Waals surface area contributed by atoms with Crippen LogP contribution in [0.15, 0.2) is 42.5 Å². The van der Waals surface area contributed by atoms with Gasteiger partial charge >= 0.3 is 0 Å². The van der Waals surface area contributed by atoms with E-state index in [-0.39, 0.29) is 5.69 Å². The van der Waals surface area contributed by atoms with Crippen LogP contribution in [0.1, 0.15) is 5.56 Å². The topological polar surface area (TPSA) is 55.2 Å². The number of hydrogen-bond donors (Lipinski definition) is 1. The van der Waals surface area contributed by atoms with E-state index in [2.05, 4.69) is 5.32 Å².